The van der Waals surface area contributed by atoms with Crippen LogP contribution in [0.25, 0.3) is 10.9 Å². The van der Waals surface area contributed by atoms with Gasteiger partial charge in [-0.05, 0) is 56.6 Å². The minimum absolute atomic E-state index is 0.705. The molecule has 3 aromatic carbocycles. The van der Waals surface area contributed by atoms with E-state index < -0.39 is 0 Å². The summed E-state index contributed by atoms with van der Waals surface area (Å²) in [7, 11) is 2.18. The summed E-state index contributed by atoms with van der Waals surface area (Å²) in [6, 6.07) is 29.1. The van der Waals surface area contributed by atoms with E-state index in [2.05, 4.69) is 76.8 Å². The molecule has 1 N–H and O–H groups in total. The summed E-state index contributed by atoms with van der Waals surface area (Å²) in [6.45, 7) is 4.81. The van der Waals surface area contributed by atoms with Crippen molar-refractivity contribution in [2.45, 2.75) is 19.8 Å². The van der Waals surface area contributed by atoms with E-state index >= 15 is 0 Å². The fraction of sp³-hybridized carbons (Fsp3) is 0.250. The van der Waals surface area contributed by atoms with Crippen molar-refractivity contribution in [2.75, 3.05) is 32.1 Å². The van der Waals surface area contributed by atoms with E-state index in [-0.39, 0.29) is 0 Å². The molecular weight excluding hydrogens is 394 g/mol. The highest BCUT2D eigenvalue weighted by Crippen LogP contribution is 2.28. The van der Waals surface area contributed by atoms with Gasteiger partial charge in [-0.3, -0.25) is 4.98 Å². The number of pyridine rings is 1. The van der Waals surface area contributed by atoms with Gasteiger partial charge in [0.15, 0.2) is 0 Å². The molecule has 164 valence electrons. The van der Waals surface area contributed by atoms with Gasteiger partial charge in [-0.25, -0.2) is 0 Å². The molecule has 4 nitrogen and oxygen atoms in total. The number of aromatic nitrogens is 1. The smallest absolute Gasteiger partial charge is 0.121 e. The number of aryl methyl sites for hydroxylation is 1. The Morgan fingerprint density at radius 2 is 1.69 bits per heavy atom. The molecule has 0 aliphatic carbocycles. The van der Waals surface area contributed by atoms with Crippen molar-refractivity contribution >= 4 is 22.3 Å². The summed E-state index contributed by atoms with van der Waals surface area (Å²) in [5, 5.41) is 4.65. The predicted molar refractivity (Wildman–Crippen MR) is 134 cm³/mol. The van der Waals surface area contributed by atoms with Crippen LogP contribution in [0.3, 0.4) is 0 Å². The van der Waals surface area contributed by atoms with E-state index in [1.807, 2.05) is 37.3 Å². The van der Waals surface area contributed by atoms with Gasteiger partial charge in [-0.1, -0.05) is 54.6 Å². The lowest BCUT2D eigenvalue weighted by Crippen LogP contribution is -2.23. The summed E-state index contributed by atoms with van der Waals surface area (Å²) >= 11 is 0. The summed E-state index contributed by atoms with van der Waals surface area (Å²) in [4.78, 5) is 6.99. The van der Waals surface area contributed by atoms with Crippen LogP contribution in [0.4, 0.5) is 11.4 Å². The van der Waals surface area contributed by atoms with Gasteiger partial charge >= 0.3 is 0 Å². The second-order valence-corrected chi connectivity index (χ2v) is 8.22. The molecule has 0 fully saturated rings. The zero-order valence-corrected chi connectivity index (χ0v) is 18.9. The highest BCUT2D eigenvalue weighted by molar-refractivity contribution is 5.93. The Bertz CT molecular complexity index is 1140. The maximum atomic E-state index is 6.03. The number of likely N-dealkylation sites (N-methyl/N-ethyl adjacent to an activating group) is 1. The monoisotopic (exact) mass is 425 g/mol. The maximum absolute atomic E-state index is 6.03. The van der Waals surface area contributed by atoms with Crippen LogP contribution in [-0.4, -0.2) is 36.6 Å². The molecule has 1 aromatic heterocycles. The zero-order valence-electron chi connectivity index (χ0n) is 18.9. The predicted octanol–water partition coefficient (Wildman–Crippen LogP) is 6.23. The Hall–Kier alpha value is -3.37. The van der Waals surface area contributed by atoms with Crippen LogP contribution in [0.15, 0.2) is 84.9 Å². The van der Waals surface area contributed by atoms with Gasteiger partial charge in [0.05, 0.1) is 12.1 Å². The van der Waals surface area contributed by atoms with Gasteiger partial charge in [0.25, 0.3) is 0 Å². The lowest BCUT2D eigenvalue weighted by molar-refractivity contribution is 0.264. The van der Waals surface area contributed by atoms with Crippen molar-refractivity contribution < 1.29 is 4.74 Å². The first kappa shape index (κ1) is 21.8. The van der Waals surface area contributed by atoms with Crippen molar-refractivity contribution in [3.05, 3.63) is 96.2 Å². The number of hydrogen-bond acceptors (Lipinski definition) is 4. The average Bonchev–Trinajstić information content (AvgIpc) is 2.81. The number of anilines is 2. The Balaban J connectivity index is 1.28. The molecule has 0 amide bonds. The molecule has 4 rings (SSSR count). The van der Waals surface area contributed by atoms with Crippen LogP contribution < -0.4 is 10.1 Å². The molecule has 4 heteroatoms. The number of rotatable bonds is 10. The quantitative estimate of drug-likeness (QED) is 0.306. The van der Waals surface area contributed by atoms with Crippen LogP contribution in [0.5, 0.6) is 5.75 Å². The van der Waals surface area contributed by atoms with E-state index in [4.69, 9.17) is 4.74 Å². The van der Waals surface area contributed by atoms with Crippen molar-refractivity contribution in [3.8, 4) is 5.75 Å². The largest absolute Gasteiger partial charge is 0.493 e. The van der Waals surface area contributed by atoms with Crippen molar-refractivity contribution in [2.24, 2.45) is 0 Å². The molecule has 0 aliphatic rings. The summed E-state index contributed by atoms with van der Waals surface area (Å²) < 4.78 is 6.03. The van der Waals surface area contributed by atoms with Gasteiger partial charge < -0.3 is 15.0 Å². The molecule has 4 aromatic rings. The first-order chi connectivity index (χ1) is 15.7. The third-order valence-electron chi connectivity index (χ3n) is 5.54. The Morgan fingerprint density at radius 3 is 2.56 bits per heavy atom. The van der Waals surface area contributed by atoms with E-state index in [0.29, 0.717) is 6.61 Å². The number of hydrogen-bond donors (Lipinski definition) is 1. The number of nitrogens with one attached hydrogen (secondary N) is 1. The number of fused-ring (bicyclic) bond motifs is 1. The molecule has 0 spiro atoms. The van der Waals surface area contributed by atoms with Gasteiger partial charge in [-0.2, -0.15) is 0 Å². The van der Waals surface area contributed by atoms with Crippen LogP contribution in [-0.2, 0) is 6.42 Å². The molecule has 32 heavy (non-hydrogen) atoms. The van der Waals surface area contributed by atoms with Crippen molar-refractivity contribution in [1.82, 2.24) is 9.88 Å². The Kier molecular flexibility index (Phi) is 7.36. The van der Waals surface area contributed by atoms with Crippen molar-refractivity contribution in [1.29, 1.82) is 0 Å². The number of para-hydroxylation sites is 1. The lowest BCUT2D eigenvalue weighted by atomic mass is 10.1. The molecule has 0 unspecified atom stereocenters. The second-order valence-electron chi connectivity index (χ2n) is 8.22. The van der Waals surface area contributed by atoms with Gasteiger partial charge in [0, 0.05) is 41.6 Å². The normalized spacial score (nSPS) is 11.1. The molecule has 0 atom stereocenters. The van der Waals surface area contributed by atoms with E-state index in [1.165, 1.54) is 5.56 Å². The average molecular weight is 426 g/mol. The first-order valence-corrected chi connectivity index (χ1v) is 11.3. The molecule has 0 bridgehead atoms. The lowest BCUT2D eigenvalue weighted by Gasteiger charge is -2.17. The SMILES string of the molecule is Cc1cc(Nc2cccc(OCCCN(C)CCc3ccccc3)c2)c2ccccc2n1. The number of benzene rings is 3. The standard InChI is InChI=1S/C28H31N3O/c1-22-20-28(26-14-6-7-15-27(26)29-22)30-24-12-8-13-25(21-24)32-19-9-17-31(2)18-16-23-10-4-3-5-11-23/h3-8,10-15,20-21H,9,16-19H2,1-2H3,(H,29,30). The minimum Gasteiger partial charge on any atom is -0.493 e. The van der Waals surface area contributed by atoms with Crippen molar-refractivity contribution in [3.63, 3.8) is 0 Å². The summed E-state index contributed by atoms with van der Waals surface area (Å²) in [5.41, 5.74) is 5.45. The van der Waals surface area contributed by atoms with E-state index in [1.54, 1.807) is 0 Å². The van der Waals surface area contributed by atoms with Crippen LogP contribution in [0, 0.1) is 6.92 Å². The Labute approximate surface area is 190 Å². The fourth-order valence-electron chi connectivity index (χ4n) is 3.83. The van der Waals surface area contributed by atoms with Gasteiger partial charge in [0.1, 0.15) is 5.75 Å². The Morgan fingerprint density at radius 1 is 0.875 bits per heavy atom. The highest BCUT2D eigenvalue weighted by Gasteiger charge is 2.05. The molecule has 0 saturated carbocycles. The third-order valence-corrected chi connectivity index (χ3v) is 5.54. The highest BCUT2D eigenvalue weighted by atomic mass is 16.5. The van der Waals surface area contributed by atoms with E-state index in [0.717, 1.165) is 59.7 Å². The number of nitrogens with zero attached hydrogens (tertiary/aromatic N) is 2. The van der Waals surface area contributed by atoms with E-state index in [9.17, 15) is 0 Å². The number of ether oxygens (including phenoxy) is 1. The first-order valence-electron chi connectivity index (χ1n) is 11.3. The molecular formula is C28H31N3O. The van der Waals surface area contributed by atoms with Crippen LogP contribution in [0.1, 0.15) is 17.7 Å². The molecule has 0 aliphatic heterocycles. The molecule has 0 saturated heterocycles. The fourth-order valence-corrected chi connectivity index (χ4v) is 3.83. The van der Waals surface area contributed by atoms with Crippen LogP contribution in [0.2, 0.25) is 0 Å². The maximum Gasteiger partial charge on any atom is 0.121 e. The summed E-state index contributed by atoms with van der Waals surface area (Å²) in [5.74, 6) is 0.886. The molecule has 0 radical (unpaired) electrons. The van der Waals surface area contributed by atoms with Gasteiger partial charge in [-0.15, -0.1) is 0 Å². The van der Waals surface area contributed by atoms with Crippen LogP contribution >= 0.6 is 0 Å². The van der Waals surface area contributed by atoms with Gasteiger partial charge in [0.2, 0.25) is 0 Å². The molecule has 1 heterocycles. The third kappa shape index (κ3) is 6.08. The summed E-state index contributed by atoms with van der Waals surface area (Å²) in [6.07, 6.45) is 2.08. The minimum atomic E-state index is 0.705. The zero-order chi connectivity index (χ0) is 22.2. The second kappa shape index (κ2) is 10.8. The topological polar surface area (TPSA) is 37.4 Å².